The molecule has 0 unspecified atom stereocenters. The van der Waals surface area contributed by atoms with Crippen molar-refractivity contribution in [2.24, 2.45) is 5.73 Å². The minimum Gasteiger partial charge on any atom is -0.339 e. The summed E-state index contributed by atoms with van der Waals surface area (Å²) >= 11 is 0. The van der Waals surface area contributed by atoms with Crippen molar-refractivity contribution in [1.29, 1.82) is 0 Å². The summed E-state index contributed by atoms with van der Waals surface area (Å²) < 4.78 is 0. The molecule has 88 valence electrons. The van der Waals surface area contributed by atoms with E-state index in [9.17, 15) is 4.79 Å². The topological polar surface area (TPSA) is 46.3 Å². The first kappa shape index (κ1) is 12.7. The molecule has 1 aromatic rings. The van der Waals surface area contributed by atoms with Crippen molar-refractivity contribution in [1.82, 2.24) is 4.90 Å². The lowest BCUT2D eigenvalue weighted by Crippen LogP contribution is -2.30. The van der Waals surface area contributed by atoms with Gasteiger partial charge in [0.25, 0.3) is 5.91 Å². The number of hydrogen-bond acceptors (Lipinski definition) is 2. The van der Waals surface area contributed by atoms with Crippen LogP contribution in [0.2, 0.25) is 0 Å². The Hall–Kier alpha value is -1.35. The molecule has 1 aromatic carbocycles. The van der Waals surface area contributed by atoms with Crippen molar-refractivity contribution in [3.8, 4) is 0 Å². The molecule has 3 heteroatoms. The summed E-state index contributed by atoms with van der Waals surface area (Å²) in [5, 5.41) is 0. The molecule has 0 spiro atoms. The van der Waals surface area contributed by atoms with Crippen LogP contribution >= 0.6 is 0 Å². The van der Waals surface area contributed by atoms with Crippen LogP contribution in [0.15, 0.2) is 24.3 Å². The molecule has 0 fully saturated rings. The van der Waals surface area contributed by atoms with Gasteiger partial charge in [-0.05, 0) is 44.5 Å². The highest BCUT2D eigenvalue weighted by Crippen LogP contribution is 2.08. The summed E-state index contributed by atoms with van der Waals surface area (Å²) in [5.74, 6) is 0.101. The number of nitrogens with two attached hydrogens (primary N) is 1. The molecule has 0 aliphatic heterocycles. The summed E-state index contributed by atoms with van der Waals surface area (Å²) in [5.41, 5.74) is 7.39. The standard InChI is InChI=1S/C13H20N2O/c1-3-15(4-2)13(16)12-7-5-6-11(10-12)8-9-14/h5-7,10H,3-4,8-9,14H2,1-2H3. The molecule has 0 aromatic heterocycles. The quantitative estimate of drug-likeness (QED) is 0.820. The Morgan fingerprint density at radius 2 is 2.00 bits per heavy atom. The molecule has 16 heavy (non-hydrogen) atoms. The van der Waals surface area contributed by atoms with Crippen molar-refractivity contribution in [2.75, 3.05) is 19.6 Å². The predicted molar refractivity (Wildman–Crippen MR) is 66.5 cm³/mol. The molecule has 0 saturated heterocycles. The second-order valence-corrected chi connectivity index (χ2v) is 3.72. The van der Waals surface area contributed by atoms with Gasteiger partial charge in [-0.15, -0.1) is 0 Å². The van der Waals surface area contributed by atoms with Gasteiger partial charge in [0.05, 0.1) is 0 Å². The smallest absolute Gasteiger partial charge is 0.253 e. The minimum atomic E-state index is 0.101. The SMILES string of the molecule is CCN(CC)C(=O)c1cccc(CCN)c1. The molecule has 3 nitrogen and oxygen atoms in total. The molecule has 0 saturated carbocycles. The van der Waals surface area contributed by atoms with Gasteiger partial charge in [0.1, 0.15) is 0 Å². The Balaban J connectivity index is 2.86. The maximum atomic E-state index is 12.1. The number of carbonyl (C=O) groups excluding carboxylic acids is 1. The number of rotatable bonds is 5. The van der Waals surface area contributed by atoms with Crippen molar-refractivity contribution >= 4 is 5.91 Å². The molecular formula is C13H20N2O. The third-order valence-corrected chi connectivity index (χ3v) is 2.66. The van der Waals surface area contributed by atoms with Crippen LogP contribution in [-0.4, -0.2) is 30.4 Å². The van der Waals surface area contributed by atoms with Gasteiger partial charge in [-0.1, -0.05) is 12.1 Å². The lowest BCUT2D eigenvalue weighted by Gasteiger charge is -2.18. The van der Waals surface area contributed by atoms with E-state index in [-0.39, 0.29) is 5.91 Å². The Morgan fingerprint density at radius 1 is 1.31 bits per heavy atom. The van der Waals surface area contributed by atoms with Gasteiger partial charge < -0.3 is 10.6 Å². The van der Waals surface area contributed by atoms with Gasteiger partial charge >= 0.3 is 0 Å². The molecule has 1 amide bonds. The average molecular weight is 220 g/mol. The van der Waals surface area contributed by atoms with Gasteiger partial charge in [0.15, 0.2) is 0 Å². The van der Waals surface area contributed by atoms with Crippen LogP contribution in [0.4, 0.5) is 0 Å². The number of benzene rings is 1. The first-order chi connectivity index (χ1) is 7.72. The number of carbonyl (C=O) groups is 1. The van der Waals surface area contributed by atoms with Gasteiger partial charge in [-0.25, -0.2) is 0 Å². The van der Waals surface area contributed by atoms with Gasteiger partial charge in [-0.3, -0.25) is 4.79 Å². The molecule has 0 atom stereocenters. The van der Waals surface area contributed by atoms with E-state index >= 15 is 0 Å². The molecular weight excluding hydrogens is 200 g/mol. The van der Waals surface area contributed by atoms with Crippen molar-refractivity contribution < 1.29 is 4.79 Å². The lowest BCUT2D eigenvalue weighted by molar-refractivity contribution is 0.0773. The number of nitrogens with zero attached hydrogens (tertiary/aromatic N) is 1. The average Bonchev–Trinajstić information content (AvgIpc) is 2.31. The highest BCUT2D eigenvalue weighted by Gasteiger charge is 2.12. The molecule has 2 N–H and O–H groups in total. The van der Waals surface area contributed by atoms with Gasteiger partial charge in [-0.2, -0.15) is 0 Å². The first-order valence-electron chi connectivity index (χ1n) is 5.81. The molecule has 0 aliphatic rings. The van der Waals surface area contributed by atoms with E-state index in [0.29, 0.717) is 6.54 Å². The Labute approximate surface area is 97.2 Å². The monoisotopic (exact) mass is 220 g/mol. The van der Waals surface area contributed by atoms with Crippen LogP contribution < -0.4 is 5.73 Å². The van der Waals surface area contributed by atoms with E-state index in [0.717, 1.165) is 30.6 Å². The van der Waals surface area contributed by atoms with Crippen molar-refractivity contribution in [2.45, 2.75) is 20.3 Å². The van der Waals surface area contributed by atoms with Crippen molar-refractivity contribution in [3.05, 3.63) is 35.4 Å². The second-order valence-electron chi connectivity index (χ2n) is 3.72. The Bertz CT molecular complexity index is 346. The van der Waals surface area contributed by atoms with Gasteiger partial charge in [0.2, 0.25) is 0 Å². The molecule has 0 radical (unpaired) electrons. The Kier molecular flexibility index (Phi) is 4.99. The van der Waals surface area contributed by atoms with E-state index in [1.54, 1.807) is 0 Å². The molecule has 0 heterocycles. The number of hydrogen-bond donors (Lipinski definition) is 1. The van der Waals surface area contributed by atoms with E-state index in [4.69, 9.17) is 5.73 Å². The van der Waals surface area contributed by atoms with E-state index < -0.39 is 0 Å². The maximum Gasteiger partial charge on any atom is 0.253 e. The van der Waals surface area contributed by atoms with Crippen LogP contribution in [0.25, 0.3) is 0 Å². The summed E-state index contributed by atoms with van der Waals surface area (Å²) in [7, 11) is 0. The molecule has 1 rings (SSSR count). The molecule has 0 aliphatic carbocycles. The van der Waals surface area contributed by atoms with Crippen molar-refractivity contribution in [3.63, 3.8) is 0 Å². The fourth-order valence-electron chi connectivity index (χ4n) is 1.72. The van der Waals surface area contributed by atoms with Gasteiger partial charge in [0, 0.05) is 18.7 Å². The normalized spacial score (nSPS) is 10.2. The van der Waals surface area contributed by atoms with E-state index in [1.807, 2.05) is 43.0 Å². The van der Waals surface area contributed by atoms with Crippen LogP contribution in [-0.2, 0) is 6.42 Å². The highest BCUT2D eigenvalue weighted by molar-refractivity contribution is 5.94. The predicted octanol–water partition coefficient (Wildman–Crippen LogP) is 1.67. The zero-order valence-electron chi connectivity index (χ0n) is 10.1. The largest absolute Gasteiger partial charge is 0.339 e. The van der Waals surface area contributed by atoms with E-state index in [1.165, 1.54) is 0 Å². The summed E-state index contributed by atoms with van der Waals surface area (Å²) in [4.78, 5) is 13.9. The fraction of sp³-hybridized carbons (Fsp3) is 0.462. The van der Waals surface area contributed by atoms with Crippen LogP contribution in [0.5, 0.6) is 0 Å². The minimum absolute atomic E-state index is 0.101. The summed E-state index contributed by atoms with van der Waals surface area (Å²) in [6.45, 7) is 6.09. The highest BCUT2D eigenvalue weighted by atomic mass is 16.2. The first-order valence-corrected chi connectivity index (χ1v) is 5.81. The van der Waals surface area contributed by atoms with E-state index in [2.05, 4.69) is 0 Å². The molecule has 0 bridgehead atoms. The maximum absolute atomic E-state index is 12.1. The van der Waals surface area contributed by atoms with Crippen LogP contribution in [0, 0.1) is 0 Å². The summed E-state index contributed by atoms with van der Waals surface area (Å²) in [6, 6.07) is 7.72. The van der Waals surface area contributed by atoms with Crippen LogP contribution in [0.3, 0.4) is 0 Å². The van der Waals surface area contributed by atoms with Crippen LogP contribution in [0.1, 0.15) is 29.8 Å². The fourth-order valence-corrected chi connectivity index (χ4v) is 1.72. The second kappa shape index (κ2) is 6.28. The summed E-state index contributed by atoms with van der Waals surface area (Å²) in [6.07, 6.45) is 0.819. The lowest BCUT2D eigenvalue weighted by atomic mass is 10.1. The third kappa shape index (κ3) is 3.07. The zero-order chi connectivity index (χ0) is 12.0. The third-order valence-electron chi connectivity index (χ3n) is 2.66. The Morgan fingerprint density at radius 3 is 2.56 bits per heavy atom. The zero-order valence-corrected chi connectivity index (χ0v) is 10.1. The number of amides is 1.